The highest BCUT2D eigenvalue weighted by atomic mass is 32.1. The van der Waals surface area contributed by atoms with E-state index in [2.05, 4.69) is 10.3 Å². The maximum absolute atomic E-state index is 13.0. The van der Waals surface area contributed by atoms with Crippen molar-refractivity contribution in [3.05, 3.63) is 28.6 Å². The average molecular weight is 414 g/mol. The molecule has 0 saturated heterocycles. The number of ether oxygens (including phenoxy) is 1. The van der Waals surface area contributed by atoms with E-state index in [1.807, 2.05) is 37.4 Å². The Kier molecular flexibility index (Phi) is 5.85. The summed E-state index contributed by atoms with van der Waals surface area (Å²) in [4.78, 5) is 31.9. The zero-order chi connectivity index (χ0) is 20.4. The van der Waals surface area contributed by atoms with Gasteiger partial charge in [-0.3, -0.25) is 14.5 Å². The molecule has 0 radical (unpaired) electrons. The Morgan fingerprint density at radius 2 is 2.10 bits per heavy atom. The number of amides is 2. The highest BCUT2D eigenvalue weighted by Crippen LogP contribution is 2.38. The van der Waals surface area contributed by atoms with Gasteiger partial charge in [0.15, 0.2) is 6.10 Å². The summed E-state index contributed by atoms with van der Waals surface area (Å²) in [7, 11) is 0. The second-order valence-corrected chi connectivity index (χ2v) is 8.84. The Morgan fingerprint density at radius 3 is 2.79 bits per heavy atom. The first-order chi connectivity index (χ1) is 14.0. The van der Waals surface area contributed by atoms with Gasteiger partial charge in [0.1, 0.15) is 12.3 Å². The predicted octanol–water partition coefficient (Wildman–Crippen LogP) is 4.07. The largest absolute Gasteiger partial charge is 0.478 e. The van der Waals surface area contributed by atoms with Crippen molar-refractivity contribution >= 4 is 28.8 Å². The van der Waals surface area contributed by atoms with Gasteiger partial charge in [-0.05, 0) is 44.4 Å². The number of thiazole rings is 1. The molecule has 1 saturated carbocycles. The van der Waals surface area contributed by atoms with E-state index in [0.717, 1.165) is 41.9 Å². The normalized spacial score (nSPS) is 19.6. The molecule has 1 aliphatic heterocycles. The average Bonchev–Trinajstić information content (AvgIpc) is 3.16. The van der Waals surface area contributed by atoms with Crippen LogP contribution in [0.4, 0.5) is 5.69 Å². The quantitative estimate of drug-likeness (QED) is 0.802. The van der Waals surface area contributed by atoms with Gasteiger partial charge in [0.05, 0.1) is 16.4 Å². The SMILES string of the molecule is CCC1Oc2ccc(-c3csc(C)n3)cc2N(CC(=O)NC2CCCCC2)C1=O. The molecule has 1 aromatic carbocycles. The van der Waals surface area contributed by atoms with Crippen LogP contribution in [-0.2, 0) is 9.59 Å². The fourth-order valence-corrected chi connectivity index (χ4v) is 4.69. The molecule has 6 nitrogen and oxygen atoms in total. The first-order valence-corrected chi connectivity index (χ1v) is 11.3. The van der Waals surface area contributed by atoms with Crippen LogP contribution in [-0.4, -0.2) is 35.5 Å². The Bertz CT molecular complexity index is 904. The second-order valence-electron chi connectivity index (χ2n) is 7.78. The number of carbonyl (C=O) groups excluding carboxylic acids is 2. The van der Waals surface area contributed by atoms with Gasteiger partial charge in [-0.25, -0.2) is 4.98 Å². The third-order valence-electron chi connectivity index (χ3n) is 5.62. The highest BCUT2D eigenvalue weighted by Gasteiger charge is 2.35. The van der Waals surface area contributed by atoms with Crippen molar-refractivity contribution in [2.45, 2.75) is 64.5 Å². The Morgan fingerprint density at radius 1 is 1.31 bits per heavy atom. The van der Waals surface area contributed by atoms with Crippen LogP contribution in [0.2, 0.25) is 0 Å². The van der Waals surface area contributed by atoms with Crippen molar-refractivity contribution in [1.29, 1.82) is 0 Å². The summed E-state index contributed by atoms with van der Waals surface area (Å²) < 4.78 is 5.91. The van der Waals surface area contributed by atoms with E-state index in [9.17, 15) is 9.59 Å². The van der Waals surface area contributed by atoms with Crippen LogP contribution >= 0.6 is 11.3 Å². The zero-order valence-electron chi connectivity index (χ0n) is 16.9. The van der Waals surface area contributed by atoms with Gasteiger partial charge in [0.25, 0.3) is 5.91 Å². The molecule has 0 bridgehead atoms. The number of aromatic nitrogens is 1. The lowest BCUT2D eigenvalue weighted by atomic mass is 9.95. The third-order valence-corrected chi connectivity index (χ3v) is 6.39. The van der Waals surface area contributed by atoms with Gasteiger partial charge in [-0.2, -0.15) is 0 Å². The molecule has 1 aromatic heterocycles. The fraction of sp³-hybridized carbons (Fsp3) is 0.500. The number of anilines is 1. The molecule has 1 N–H and O–H groups in total. The zero-order valence-corrected chi connectivity index (χ0v) is 17.8. The number of benzene rings is 1. The van der Waals surface area contributed by atoms with Crippen LogP contribution in [0.1, 0.15) is 50.5 Å². The summed E-state index contributed by atoms with van der Waals surface area (Å²) in [6.45, 7) is 3.90. The molecule has 154 valence electrons. The summed E-state index contributed by atoms with van der Waals surface area (Å²) in [5, 5.41) is 6.10. The number of hydrogen-bond acceptors (Lipinski definition) is 5. The number of rotatable bonds is 5. The molecule has 2 aliphatic rings. The molecule has 1 aliphatic carbocycles. The summed E-state index contributed by atoms with van der Waals surface area (Å²) >= 11 is 1.59. The smallest absolute Gasteiger partial charge is 0.268 e. The number of nitrogens with zero attached hydrogens (tertiary/aromatic N) is 2. The highest BCUT2D eigenvalue weighted by molar-refractivity contribution is 7.09. The first-order valence-electron chi connectivity index (χ1n) is 10.4. The Balaban J connectivity index is 1.59. The second kappa shape index (κ2) is 8.53. The van der Waals surface area contributed by atoms with Crippen molar-refractivity contribution in [3.63, 3.8) is 0 Å². The Hall–Kier alpha value is -2.41. The molecule has 7 heteroatoms. The van der Waals surface area contributed by atoms with Crippen molar-refractivity contribution < 1.29 is 14.3 Å². The van der Waals surface area contributed by atoms with E-state index in [4.69, 9.17) is 4.74 Å². The molecule has 1 fully saturated rings. The first kappa shape index (κ1) is 19.9. The minimum absolute atomic E-state index is 0.0156. The summed E-state index contributed by atoms with van der Waals surface area (Å²) in [6.07, 6.45) is 5.58. The van der Waals surface area contributed by atoms with E-state index in [-0.39, 0.29) is 24.4 Å². The molecule has 4 rings (SSSR count). The number of hydrogen-bond donors (Lipinski definition) is 1. The van der Waals surface area contributed by atoms with Crippen molar-refractivity contribution in [3.8, 4) is 17.0 Å². The molecular weight excluding hydrogens is 386 g/mol. The van der Waals surface area contributed by atoms with Crippen LogP contribution in [0.15, 0.2) is 23.6 Å². The molecule has 2 amide bonds. The van der Waals surface area contributed by atoms with E-state index in [0.29, 0.717) is 17.9 Å². The number of carbonyl (C=O) groups is 2. The van der Waals surface area contributed by atoms with Gasteiger partial charge in [-0.1, -0.05) is 26.2 Å². The topological polar surface area (TPSA) is 71.5 Å². The fourth-order valence-electron chi connectivity index (χ4n) is 4.06. The molecule has 0 spiro atoms. The molecule has 29 heavy (non-hydrogen) atoms. The summed E-state index contributed by atoms with van der Waals surface area (Å²) in [5.74, 6) is 0.367. The van der Waals surface area contributed by atoms with Crippen LogP contribution < -0.4 is 15.0 Å². The van der Waals surface area contributed by atoms with E-state index >= 15 is 0 Å². The molecular formula is C22H27N3O3S. The number of nitrogens with one attached hydrogen (secondary N) is 1. The van der Waals surface area contributed by atoms with E-state index in [1.165, 1.54) is 6.42 Å². The van der Waals surface area contributed by atoms with E-state index in [1.54, 1.807) is 16.2 Å². The molecule has 2 aromatic rings. The molecule has 1 atom stereocenters. The maximum Gasteiger partial charge on any atom is 0.268 e. The lowest BCUT2D eigenvalue weighted by Crippen LogP contribution is -2.51. The van der Waals surface area contributed by atoms with Crippen LogP contribution in [0.3, 0.4) is 0 Å². The van der Waals surface area contributed by atoms with Gasteiger partial charge in [-0.15, -0.1) is 11.3 Å². The summed E-state index contributed by atoms with van der Waals surface area (Å²) in [6, 6.07) is 5.95. The maximum atomic E-state index is 13.0. The predicted molar refractivity (Wildman–Crippen MR) is 114 cm³/mol. The minimum atomic E-state index is -0.558. The minimum Gasteiger partial charge on any atom is -0.478 e. The standard InChI is InChI=1S/C22H27N3O3S/c1-3-19-22(27)25(12-21(26)24-16-7-5-4-6-8-16)18-11-15(9-10-20(18)28-19)17-13-29-14(2)23-17/h9-11,13,16,19H,3-8,12H2,1-2H3,(H,24,26). The number of aryl methyl sites for hydroxylation is 1. The Labute approximate surface area is 175 Å². The van der Waals surface area contributed by atoms with Gasteiger partial charge in [0.2, 0.25) is 5.91 Å². The van der Waals surface area contributed by atoms with Crippen LogP contribution in [0.5, 0.6) is 5.75 Å². The third kappa shape index (κ3) is 4.29. The van der Waals surface area contributed by atoms with Gasteiger partial charge < -0.3 is 10.1 Å². The molecule has 1 unspecified atom stereocenters. The number of fused-ring (bicyclic) bond motifs is 1. The van der Waals surface area contributed by atoms with Gasteiger partial charge >= 0.3 is 0 Å². The van der Waals surface area contributed by atoms with E-state index < -0.39 is 6.10 Å². The summed E-state index contributed by atoms with van der Waals surface area (Å²) in [5.41, 5.74) is 2.42. The van der Waals surface area contributed by atoms with Crippen molar-refractivity contribution in [2.24, 2.45) is 0 Å². The van der Waals surface area contributed by atoms with Crippen LogP contribution in [0, 0.1) is 6.92 Å². The lowest BCUT2D eigenvalue weighted by molar-refractivity contribution is -0.129. The monoisotopic (exact) mass is 413 g/mol. The van der Waals surface area contributed by atoms with Crippen molar-refractivity contribution in [2.75, 3.05) is 11.4 Å². The lowest BCUT2D eigenvalue weighted by Gasteiger charge is -2.34. The van der Waals surface area contributed by atoms with Crippen LogP contribution in [0.25, 0.3) is 11.3 Å². The van der Waals surface area contributed by atoms with Crippen molar-refractivity contribution in [1.82, 2.24) is 10.3 Å². The van der Waals surface area contributed by atoms with Gasteiger partial charge in [0, 0.05) is 17.0 Å². The molecule has 2 heterocycles.